The van der Waals surface area contributed by atoms with Crippen LogP contribution in [0.4, 0.5) is 4.79 Å². The van der Waals surface area contributed by atoms with Gasteiger partial charge in [0, 0.05) is 24.1 Å². The average molecular weight is 302 g/mol. The Morgan fingerprint density at radius 1 is 1.50 bits per heavy atom. The largest absolute Gasteiger partial charge is 0.444 e. The highest BCUT2D eigenvalue weighted by Crippen LogP contribution is 2.39. The highest BCUT2D eigenvalue weighted by Gasteiger charge is 2.41. The van der Waals surface area contributed by atoms with Gasteiger partial charge in [0.15, 0.2) is 0 Å². The molecule has 1 unspecified atom stereocenters. The van der Waals surface area contributed by atoms with Crippen molar-refractivity contribution in [3.05, 3.63) is 10.6 Å². The van der Waals surface area contributed by atoms with E-state index in [9.17, 15) is 9.59 Å². The second kappa shape index (κ2) is 6.17. The number of aldehydes is 1. The van der Waals surface area contributed by atoms with Gasteiger partial charge < -0.3 is 9.64 Å². The van der Waals surface area contributed by atoms with Crippen LogP contribution in [0.2, 0.25) is 0 Å². The molecular formula is C15H24ClNO3. The number of halogens is 1. The van der Waals surface area contributed by atoms with E-state index in [0.29, 0.717) is 23.4 Å². The van der Waals surface area contributed by atoms with Gasteiger partial charge in [-0.05, 0) is 40.0 Å². The molecule has 0 radical (unpaired) electrons. The van der Waals surface area contributed by atoms with Crippen molar-refractivity contribution in [1.29, 1.82) is 0 Å². The Hall–Kier alpha value is -1.03. The summed E-state index contributed by atoms with van der Waals surface area (Å²) in [6, 6.07) is 0. The minimum Gasteiger partial charge on any atom is -0.444 e. The summed E-state index contributed by atoms with van der Waals surface area (Å²) in [5.74, 6) is 0. The molecule has 5 heteroatoms. The molecule has 0 bridgehead atoms. The molecule has 20 heavy (non-hydrogen) atoms. The number of hydrogen-bond donors (Lipinski definition) is 0. The van der Waals surface area contributed by atoms with Gasteiger partial charge in [0.2, 0.25) is 0 Å². The quantitative estimate of drug-likeness (QED) is 0.743. The van der Waals surface area contributed by atoms with E-state index in [-0.39, 0.29) is 6.09 Å². The lowest BCUT2D eigenvalue weighted by atomic mass is 9.78. The Labute approximate surface area is 126 Å². The van der Waals surface area contributed by atoms with Gasteiger partial charge in [-0.2, -0.15) is 0 Å². The van der Waals surface area contributed by atoms with Crippen LogP contribution in [0.5, 0.6) is 0 Å². The molecule has 0 fully saturated rings. The predicted octanol–water partition coefficient (Wildman–Crippen LogP) is 3.88. The highest BCUT2D eigenvalue weighted by atomic mass is 35.5. The maximum Gasteiger partial charge on any atom is 0.410 e. The van der Waals surface area contributed by atoms with E-state index in [1.165, 1.54) is 0 Å². The second-order valence-corrected chi connectivity index (χ2v) is 6.80. The van der Waals surface area contributed by atoms with Crippen LogP contribution in [0.3, 0.4) is 0 Å². The molecule has 114 valence electrons. The molecule has 0 saturated carbocycles. The lowest BCUT2D eigenvalue weighted by molar-refractivity contribution is -0.105. The lowest BCUT2D eigenvalue weighted by Gasteiger charge is -2.44. The standard InChI is InChI=1S/C15H24ClNO3/c1-6-15(8-7-12(16)11(9-15)10-18)17(5)13(19)20-14(2,3)4/h10H,6-9H2,1-5H3. The van der Waals surface area contributed by atoms with Gasteiger partial charge in [0.1, 0.15) is 11.9 Å². The first-order valence-corrected chi connectivity index (χ1v) is 7.32. The molecule has 0 N–H and O–H groups in total. The first-order chi connectivity index (χ1) is 9.15. The smallest absolute Gasteiger partial charge is 0.410 e. The van der Waals surface area contributed by atoms with E-state index in [4.69, 9.17) is 16.3 Å². The summed E-state index contributed by atoms with van der Waals surface area (Å²) in [6.07, 6.45) is 3.05. The summed E-state index contributed by atoms with van der Waals surface area (Å²) >= 11 is 6.07. The third-order valence-electron chi connectivity index (χ3n) is 3.86. The summed E-state index contributed by atoms with van der Waals surface area (Å²) in [6.45, 7) is 7.53. The molecular weight excluding hydrogens is 278 g/mol. The zero-order valence-corrected chi connectivity index (χ0v) is 13.7. The van der Waals surface area contributed by atoms with Gasteiger partial charge in [-0.1, -0.05) is 18.5 Å². The Bertz CT molecular complexity index is 425. The third-order valence-corrected chi connectivity index (χ3v) is 4.29. The van der Waals surface area contributed by atoms with Crippen molar-refractivity contribution in [3.8, 4) is 0 Å². The van der Waals surface area contributed by atoms with Gasteiger partial charge in [0.25, 0.3) is 0 Å². The fourth-order valence-corrected chi connectivity index (χ4v) is 2.70. The van der Waals surface area contributed by atoms with Crippen molar-refractivity contribution in [2.45, 2.75) is 64.5 Å². The minimum atomic E-state index is -0.532. The average Bonchev–Trinajstić information content (AvgIpc) is 2.37. The SMILES string of the molecule is CCC1(N(C)C(=O)OC(C)(C)C)CCC(Cl)=C(C=O)C1. The normalized spacial score (nSPS) is 23.5. The van der Waals surface area contributed by atoms with E-state index < -0.39 is 11.1 Å². The minimum absolute atomic E-state index is 0.359. The van der Waals surface area contributed by atoms with E-state index in [1.54, 1.807) is 11.9 Å². The van der Waals surface area contributed by atoms with E-state index in [2.05, 4.69) is 0 Å². The summed E-state index contributed by atoms with van der Waals surface area (Å²) in [4.78, 5) is 25.0. The molecule has 1 amide bonds. The van der Waals surface area contributed by atoms with Gasteiger partial charge >= 0.3 is 6.09 Å². The lowest BCUT2D eigenvalue weighted by Crippen LogP contribution is -2.52. The van der Waals surface area contributed by atoms with Crippen LogP contribution in [-0.2, 0) is 9.53 Å². The topological polar surface area (TPSA) is 46.6 Å². The summed E-state index contributed by atoms with van der Waals surface area (Å²) in [7, 11) is 1.74. The van der Waals surface area contributed by atoms with E-state index in [0.717, 1.165) is 19.1 Å². The Kier molecular flexibility index (Phi) is 5.25. The summed E-state index contributed by atoms with van der Waals surface area (Å²) < 4.78 is 5.42. The van der Waals surface area contributed by atoms with Crippen LogP contribution in [0.25, 0.3) is 0 Å². The number of hydrogen-bond acceptors (Lipinski definition) is 3. The predicted molar refractivity (Wildman–Crippen MR) is 79.8 cm³/mol. The molecule has 1 rings (SSSR count). The van der Waals surface area contributed by atoms with Gasteiger partial charge in [-0.15, -0.1) is 0 Å². The fourth-order valence-electron chi connectivity index (χ4n) is 2.50. The number of nitrogens with zero attached hydrogens (tertiary/aromatic N) is 1. The van der Waals surface area contributed by atoms with Crippen molar-refractivity contribution in [1.82, 2.24) is 4.90 Å². The number of amides is 1. The summed E-state index contributed by atoms with van der Waals surface area (Å²) in [5, 5.41) is 0.613. The second-order valence-electron chi connectivity index (χ2n) is 6.34. The molecule has 0 saturated heterocycles. The molecule has 0 aromatic carbocycles. The Morgan fingerprint density at radius 3 is 2.55 bits per heavy atom. The maximum atomic E-state index is 12.3. The molecule has 0 aromatic rings. The molecule has 0 aromatic heterocycles. The Balaban J connectivity index is 2.96. The van der Waals surface area contributed by atoms with Crippen LogP contribution >= 0.6 is 11.6 Å². The highest BCUT2D eigenvalue weighted by molar-refractivity contribution is 6.31. The molecule has 4 nitrogen and oxygen atoms in total. The van der Waals surface area contributed by atoms with E-state index >= 15 is 0 Å². The van der Waals surface area contributed by atoms with Crippen molar-refractivity contribution in [3.63, 3.8) is 0 Å². The maximum absolute atomic E-state index is 12.3. The number of carbonyl (C=O) groups excluding carboxylic acids is 2. The number of carbonyl (C=O) groups is 2. The van der Waals surface area contributed by atoms with Crippen molar-refractivity contribution < 1.29 is 14.3 Å². The van der Waals surface area contributed by atoms with Crippen molar-refractivity contribution >= 4 is 24.0 Å². The van der Waals surface area contributed by atoms with Gasteiger partial charge in [-0.25, -0.2) is 4.79 Å². The molecule has 0 spiro atoms. The molecule has 1 aliphatic carbocycles. The molecule has 1 atom stereocenters. The third kappa shape index (κ3) is 3.75. The van der Waals surface area contributed by atoms with Crippen LogP contribution in [0.15, 0.2) is 10.6 Å². The van der Waals surface area contributed by atoms with Crippen molar-refractivity contribution in [2.75, 3.05) is 7.05 Å². The van der Waals surface area contributed by atoms with Crippen LogP contribution in [0, 0.1) is 0 Å². The molecule has 0 aliphatic heterocycles. The first-order valence-electron chi connectivity index (χ1n) is 6.95. The zero-order valence-electron chi connectivity index (χ0n) is 13.0. The van der Waals surface area contributed by atoms with Crippen molar-refractivity contribution in [2.24, 2.45) is 0 Å². The van der Waals surface area contributed by atoms with Crippen LogP contribution in [-0.4, -0.2) is 35.5 Å². The Morgan fingerprint density at radius 2 is 2.10 bits per heavy atom. The number of rotatable bonds is 3. The zero-order chi connectivity index (χ0) is 15.6. The number of ether oxygens (including phenoxy) is 1. The monoisotopic (exact) mass is 301 g/mol. The fraction of sp³-hybridized carbons (Fsp3) is 0.733. The summed E-state index contributed by atoms with van der Waals surface area (Å²) in [5.41, 5.74) is -0.331. The van der Waals surface area contributed by atoms with Crippen LogP contribution in [0.1, 0.15) is 53.4 Å². The van der Waals surface area contributed by atoms with Gasteiger partial charge in [-0.3, -0.25) is 4.79 Å². The first kappa shape index (κ1) is 17.0. The van der Waals surface area contributed by atoms with E-state index in [1.807, 2.05) is 27.7 Å². The van der Waals surface area contributed by atoms with Crippen LogP contribution < -0.4 is 0 Å². The van der Waals surface area contributed by atoms with Gasteiger partial charge in [0.05, 0.1) is 5.54 Å². The number of allylic oxidation sites excluding steroid dienone is 1. The molecule has 0 heterocycles. The molecule has 1 aliphatic rings.